The molecule has 0 atom stereocenters. The van der Waals surface area contributed by atoms with E-state index >= 15 is 0 Å². The maximum absolute atomic E-state index is 5.71. The second-order valence-corrected chi connectivity index (χ2v) is 5.42. The molecule has 1 aliphatic rings. The largest absolute Gasteiger partial charge is 0.407 e. The van der Waals surface area contributed by atoms with Gasteiger partial charge in [0.15, 0.2) is 0 Å². The van der Waals surface area contributed by atoms with Crippen molar-refractivity contribution in [3.05, 3.63) is 5.89 Å². The molecule has 19 heavy (non-hydrogen) atoms. The summed E-state index contributed by atoms with van der Waals surface area (Å²) in [6.45, 7) is 7.42. The van der Waals surface area contributed by atoms with Gasteiger partial charge >= 0.3 is 6.01 Å². The van der Waals surface area contributed by atoms with E-state index in [4.69, 9.17) is 9.15 Å². The van der Waals surface area contributed by atoms with E-state index in [-0.39, 0.29) is 0 Å². The molecular weight excluding hydrogens is 244 g/mol. The van der Waals surface area contributed by atoms with Crippen LogP contribution in [0.5, 0.6) is 0 Å². The van der Waals surface area contributed by atoms with Gasteiger partial charge in [0, 0.05) is 19.7 Å². The van der Waals surface area contributed by atoms with Gasteiger partial charge in [-0.2, -0.15) is 0 Å². The summed E-state index contributed by atoms with van der Waals surface area (Å²) < 4.78 is 10.8. The predicted octanol–water partition coefficient (Wildman–Crippen LogP) is 1.43. The number of nitrogens with zero attached hydrogens (tertiary/aromatic N) is 3. The molecule has 1 heterocycles. The van der Waals surface area contributed by atoms with Gasteiger partial charge in [0.1, 0.15) is 0 Å². The molecule has 1 aromatic rings. The van der Waals surface area contributed by atoms with Gasteiger partial charge in [-0.3, -0.25) is 0 Å². The number of hydrogen-bond donors (Lipinski definition) is 1. The Bertz CT molecular complexity index is 376. The molecule has 1 aliphatic carbocycles. The highest BCUT2D eigenvalue weighted by Gasteiger charge is 2.32. The Morgan fingerprint density at radius 1 is 1.42 bits per heavy atom. The van der Waals surface area contributed by atoms with Crippen LogP contribution in [-0.4, -0.2) is 43.0 Å². The van der Waals surface area contributed by atoms with Gasteiger partial charge in [-0.25, -0.2) is 0 Å². The highest BCUT2D eigenvalue weighted by molar-refractivity contribution is 5.29. The van der Waals surface area contributed by atoms with Crippen LogP contribution in [0, 0.1) is 5.92 Å². The number of anilines is 1. The third-order valence-electron chi connectivity index (χ3n) is 3.05. The molecular formula is C13H24N4O2. The smallest absolute Gasteiger partial charge is 0.318 e. The molecule has 1 N–H and O–H groups in total. The first-order valence-electron chi connectivity index (χ1n) is 6.99. The molecule has 1 fully saturated rings. The van der Waals surface area contributed by atoms with Crippen molar-refractivity contribution >= 4 is 6.01 Å². The summed E-state index contributed by atoms with van der Waals surface area (Å²) in [7, 11) is 1.71. The van der Waals surface area contributed by atoms with Crippen LogP contribution < -0.4 is 10.2 Å². The van der Waals surface area contributed by atoms with Gasteiger partial charge < -0.3 is 19.4 Å². The normalized spacial score (nSPS) is 15.2. The number of methoxy groups -OCH3 is 1. The van der Waals surface area contributed by atoms with Crippen LogP contribution in [0.3, 0.4) is 0 Å². The third kappa shape index (κ3) is 4.47. The standard InChI is InChI=1S/C13H24N4O2/c1-10(2)8-14-9-12-15-16-13(19-12)17(6-7-18-3)11-4-5-11/h10-11,14H,4-9H2,1-3H3. The van der Waals surface area contributed by atoms with E-state index in [0.717, 1.165) is 13.1 Å². The summed E-state index contributed by atoms with van der Waals surface area (Å²) in [5.74, 6) is 1.27. The van der Waals surface area contributed by atoms with E-state index in [1.54, 1.807) is 7.11 Å². The first kappa shape index (κ1) is 14.3. The van der Waals surface area contributed by atoms with Crippen molar-refractivity contribution in [1.82, 2.24) is 15.5 Å². The number of aromatic nitrogens is 2. The first-order chi connectivity index (χ1) is 9.20. The van der Waals surface area contributed by atoms with Gasteiger partial charge in [-0.05, 0) is 25.3 Å². The van der Waals surface area contributed by atoms with Gasteiger partial charge in [0.05, 0.1) is 13.2 Å². The summed E-state index contributed by atoms with van der Waals surface area (Å²) in [5.41, 5.74) is 0. The maximum atomic E-state index is 5.71. The average Bonchev–Trinajstić information content (AvgIpc) is 3.10. The topological polar surface area (TPSA) is 63.4 Å². The monoisotopic (exact) mass is 268 g/mol. The number of hydrogen-bond acceptors (Lipinski definition) is 6. The van der Waals surface area contributed by atoms with E-state index in [1.807, 2.05) is 0 Å². The Hall–Kier alpha value is -1.14. The molecule has 0 spiro atoms. The van der Waals surface area contributed by atoms with Crippen molar-refractivity contribution in [3.63, 3.8) is 0 Å². The Labute approximate surface area is 114 Å². The molecule has 0 saturated heterocycles. The lowest BCUT2D eigenvalue weighted by atomic mass is 10.2. The van der Waals surface area contributed by atoms with E-state index in [1.165, 1.54) is 12.8 Å². The average molecular weight is 268 g/mol. The van der Waals surface area contributed by atoms with E-state index in [0.29, 0.717) is 37.0 Å². The molecule has 0 amide bonds. The predicted molar refractivity (Wildman–Crippen MR) is 73.1 cm³/mol. The molecule has 1 aromatic heterocycles. The molecule has 108 valence electrons. The van der Waals surface area contributed by atoms with Gasteiger partial charge in [-0.15, -0.1) is 5.10 Å². The van der Waals surface area contributed by atoms with Crippen molar-refractivity contribution in [3.8, 4) is 0 Å². The zero-order valence-corrected chi connectivity index (χ0v) is 12.1. The lowest BCUT2D eigenvalue weighted by Crippen LogP contribution is -2.29. The number of nitrogens with one attached hydrogen (secondary N) is 1. The second-order valence-electron chi connectivity index (χ2n) is 5.42. The number of ether oxygens (including phenoxy) is 1. The van der Waals surface area contributed by atoms with Gasteiger partial charge in [-0.1, -0.05) is 18.9 Å². The third-order valence-corrected chi connectivity index (χ3v) is 3.05. The fourth-order valence-corrected chi connectivity index (χ4v) is 1.91. The van der Waals surface area contributed by atoms with Crippen molar-refractivity contribution in [2.45, 2.75) is 39.3 Å². The van der Waals surface area contributed by atoms with Crippen LogP contribution in [0.2, 0.25) is 0 Å². The molecule has 0 unspecified atom stereocenters. The highest BCUT2D eigenvalue weighted by atomic mass is 16.5. The fourth-order valence-electron chi connectivity index (χ4n) is 1.91. The van der Waals surface area contributed by atoms with Crippen molar-refractivity contribution in [2.24, 2.45) is 5.92 Å². The van der Waals surface area contributed by atoms with Crippen LogP contribution in [-0.2, 0) is 11.3 Å². The van der Waals surface area contributed by atoms with Crippen LogP contribution in [0.1, 0.15) is 32.6 Å². The summed E-state index contributed by atoms with van der Waals surface area (Å²) in [6.07, 6.45) is 2.40. The molecule has 0 radical (unpaired) electrons. The highest BCUT2D eigenvalue weighted by Crippen LogP contribution is 2.30. The second kappa shape index (κ2) is 6.86. The fraction of sp³-hybridized carbons (Fsp3) is 0.846. The minimum absolute atomic E-state index is 0.548. The van der Waals surface area contributed by atoms with Crippen molar-refractivity contribution in [2.75, 3.05) is 31.7 Å². The van der Waals surface area contributed by atoms with Crippen LogP contribution in [0.4, 0.5) is 6.01 Å². The lowest BCUT2D eigenvalue weighted by molar-refractivity contribution is 0.203. The number of rotatable bonds is 9. The van der Waals surface area contributed by atoms with Crippen LogP contribution in [0.15, 0.2) is 4.42 Å². The summed E-state index contributed by atoms with van der Waals surface area (Å²) >= 11 is 0. The summed E-state index contributed by atoms with van der Waals surface area (Å²) in [4.78, 5) is 2.16. The maximum Gasteiger partial charge on any atom is 0.318 e. The minimum atomic E-state index is 0.548. The lowest BCUT2D eigenvalue weighted by Gasteiger charge is -2.18. The zero-order chi connectivity index (χ0) is 13.7. The van der Waals surface area contributed by atoms with Crippen molar-refractivity contribution in [1.29, 1.82) is 0 Å². The van der Waals surface area contributed by atoms with E-state index in [9.17, 15) is 0 Å². The van der Waals surface area contributed by atoms with Crippen molar-refractivity contribution < 1.29 is 9.15 Å². The Morgan fingerprint density at radius 2 is 2.21 bits per heavy atom. The molecule has 6 nitrogen and oxygen atoms in total. The SMILES string of the molecule is COCCN(c1nnc(CNCC(C)C)o1)C1CC1. The van der Waals surface area contributed by atoms with Gasteiger partial charge in [0.25, 0.3) is 0 Å². The molecule has 1 saturated carbocycles. The summed E-state index contributed by atoms with van der Waals surface area (Å²) in [6, 6.07) is 1.17. The Morgan fingerprint density at radius 3 is 2.84 bits per heavy atom. The molecule has 0 aliphatic heterocycles. The first-order valence-corrected chi connectivity index (χ1v) is 6.99. The molecule has 0 aromatic carbocycles. The quantitative estimate of drug-likeness (QED) is 0.731. The Kier molecular flexibility index (Phi) is 5.15. The molecule has 6 heteroatoms. The minimum Gasteiger partial charge on any atom is -0.407 e. The van der Waals surface area contributed by atoms with Gasteiger partial charge in [0.2, 0.25) is 5.89 Å². The molecule has 0 bridgehead atoms. The molecule has 2 rings (SSSR count). The zero-order valence-electron chi connectivity index (χ0n) is 12.1. The summed E-state index contributed by atoms with van der Waals surface area (Å²) in [5, 5.41) is 11.5. The van der Waals surface area contributed by atoms with E-state index in [2.05, 4.69) is 34.3 Å². The van der Waals surface area contributed by atoms with Crippen LogP contribution >= 0.6 is 0 Å². The Balaban J connectivity index is 1.86. The van der Waals surface area contributed by atoms with Crippen LogP contribution in [0.25, 0.3) is 0 Å². The van der Waals surface area contributed by atoms with E-state index < -0.39 is 0 Å².